The van der Waals surface area contributed by atoms with Crippen LogP contribution in [0.15, 0.2) is 120 Å². The van der Waals surface area contributed by atoms with E-state index in [-0.39, 0.29) is 16.2 Å². The smallest absolute Gasteiger partial charge is 0.339 e. The average Bonchev–Trinajstić information content (AvgIpc) is 2.88. The van der Waals surface area contributed by atoms with Crippen molar-refractivity contribution < 1.29 is 22.7 Å². The second-order valence-electron chi connectivity index (χ2n) is 7.42. The number of carbonyl (C=O) groups is 2. The Hall–Kier alpha value is -4.23. The Kier molecular flexibility index (Phi) is 6.85. The van der Waals surface area contributed by atoms with E-state index in [1.807, 2.05) is 0 Å². The number of hydrogen-bond acceptors (Lipinski definition) is 5. The van der Waals surface area contributed by atoms with Gasteiger partial charge in [-0.2, -0.15) is 0 Å². The monoisotopic (exact) mass is 471 g/mol. The van der Waals surface area contributed by atoms with Gasteiger partial charge in [-0.1, -0.05) is 78.9 Å². The van der Waals surface area contributed by atoms with E-state index in [4.69, 9.17) is 4.74 Å². The minimum Gasteiger partial charge on any atom is -0.445 e. The van der Waals surface area contributed by atoms with E-state index in [0.29, 0.717) is 16.8 Å². The molecule has 0 heterocycles. The van der Waals surface area contributed by atoms with Crippen LogP contribution in [0.5, 0.6) is 0 Å². The summed E-state index contributed by atoms with van der Waals surface area (Å²) in [6, 6.07) is 31.2. The van der Waals surface area contributed by atoms with Crippen molar-refractivity contribution in [3.8, 4) is 0 Å². The van der Waals surface area contributed by atoms with Crippen molar-refractivity contribution in [3.63, 3.8) is 0 Å². The number of benzene rings is 4. The van der Waals surface area contributed by atoms with Gasteiger partial charge in [0, 0.05) is 16.8 Å². The molecule has 4 aromatic rings. The van der Waals surface area contributed by atoms with Crippen LogP contribution in [0.3, 0.4) is 0 Å². The van der Waals surface area contributed by atoms with Crippen molar-refractivity contribution in [1.29, 1.82) is 0 Å². The second kappa shape index (κ2) is 10.1. The van der Waals surface area contributed by atoms with Crippen LogP contribution in [0.2, 0.25) is 0 Å². The molecule has 0 aliphatic rings. The summed E-state index contributed by atoms with van der Waals surface area (Å²) >= 11 is 0. The lowest BCUT2D eigenvalue weighted by Gasteiger charge is -2.17. The molecule has 0 radical (unpaired) electrons. The van der Waals surface area contributed by atoms with E-state index < -0.39 is 22.1 Å². The first kappa shape index (κ1) is 22.9. The Morgan fingerprint density at radius 1 is 0.647 bits per heavy atom. The molecule has 34 heavy (non-hydrogen) atoms. The SMILES string of the molecule is O=C(O[C@@H](C(=O)c1ccccc1)c1ccccc1)c1ccc(S(=O)(=O)Nc2ccccc2)cc1. The van der Waals surface area contributed by atoms with Crippen LogP contribution in [0.4, 0.5) is 5.69 Å². The summed E-state index contributed by atoms with van der Waals surface area (Å²) in [5.74, 6) is -1.09. The van der Waals surface area contributed by atoms with Gasteiger partial charge in [-0.3, -0.25) is 9.52 Å². The van der Waals surface area contributed by atoms with Crippen LogP contribution in [0, 0.1) is 0 Å². The maximum atomic E-state index is 13.1. The molecule has 4 rings (SSSR count). The van der Waals surface area contributed by atoms with Gasteiger partial charge >= 0.3 is 5.97 Å². The van der Waals surface area contributed by atoms with Gasteiger partial charge in [-0.05, 0) is 36.4 Å². The first-order valence-corrected chi connectivity index (χ1v) is 12.0. The molecule has 0 fully saturated rings. The maximum Gasteiger partial charge on any atom is 0.339 e. The molecule has 0 aromatic heterocycles. The van der Waals surface area contributed by atoms with E-state index in [1.165, 1.54) is 24.3 Å². The topological polar surface area (TPSA) is 89.5 Å². The second-order valence-corrected chi connectivity index (χ2v) is 9.10. The van der Waals surface area contributed by atoms with Crippen molar-refractivity contribution in [1.82, 2.24) is 0 Å². The molecule has 0 saturated heterocycles. The molecule has 0 unspecified atom stereocenters. The summed E-state index contributed by atoms with van der Waals surface area (Å²) in [6.07, 6.45) is -1.14. The Bertz CT molecular complexity index is 1370. The predicted molar refractivity (Wildman–Crippen MR) is 129 cm³/mol. The highest BCUT2D eigenvalue weighted by Gasteiger charge is 2.27. The zero-order valence-corrected chi connectivity index (χ0v) is 18.8. The van der Waals surface area contributed by atoms with E-state index in [2.05, 4.69) is 4.72 Å². The van der Waals surface area contributed by atoms with Gasteiger partial charge < -0.3 is 4.74 Å². The molecule has 0 saturated carbocycles. The first-order chi connectivity index (χ1) is 16.4. The summed E-state index contributed by atoms with van der Waals surface area (Å²) in [7, 11) is -3.83. The Morgan fingerprint density at radius 2 is 1.18 bits per heavy atom. The molecule has 0 amide bonds. The summed E-state index contributed by atoms with van der Waals surface area (Å²) in [4.78, 5) is 26.0. The van der Waals surface area contributed by atoms with Crippen LogP contribution in [-0.4, -0.2) is 20.2 Å². The molecule has 0 bridgehead atoms. The van der Waals surface area contributed by atoms with Crippen molar-refractivity contribution in [2.75, 3.05) is 4.72 Å². The predicted octanol–water partition coefficient (Wildman–Crippen LogP) is 5.27. The summed E-state index contributed by atoms with van der Waals surface area (Å²) < 4.78 is 33.3. The zero-order chi connectivity index (χ0) is 24.0. The lowest BCUT2D eigenvalue weighted by atomic mass is 10.00. The van der Waals surface area contributed by atoms with Crippen LogP contribution in [-0.2, 0) is 14.8 Å². The van der Waals surface area contributed by atoms with Gasteiger partial charge in [0.15, 0.2) is 6.10 Å². The Labute approximate surface area is 197 Å². The fourth-order valence-corrected chi connectivity index (χ4v) is 4.38. The van der Waals surface area contributed by atoms with E-state index in [9.17, 15) is 18.0 Å². The van der Waals surface area contributed by atoms with Gasteiger partial charge in [-0.25, -0.2) is 13.2 Å². The minimum atomic E-state index is -3.83. The van der Waals surface area contributed by atoms with Crippen LogP contribution in [0.1, 0.15) is 32.4 Å². The zero-order valence-electron chi connectivity index (χ0n) is 18.0. The molecule has 170 valence electrons. The fourth-order valence-electron chi connectivity index (χ4n) is 3.32. The first-order valence-electron chi connectivity index (χ1n) is 10.5. The Balaban J connectivity index is 1.54. The number of ketones is 1. The average molecular weight is 472 g/mol. The van der Waals surface area contributed by atoms with Gasteiger partial charge in [0.2, 0.25) is 5.78 Å². The number of hydrogen-bond donors (Lipinski definition) is 1. The molecule has 1 atom stereocenters. The number of ether oxygens (including phenoxy) is 1. The minimum absolute atomic E-state index is 0.00660. The normalized spacial score (nSPS) is 11.9. The number of anilines is 1. The van der Waals surface area contributed by atoms with E-state index >= 15 is 0 Å². The van der Waals surface area contributed by atoms with Gasteiger partial charge in [0.05, 0.1) is 10.5 Å². The van der Waals surface area contributed by atoms with Crippen molar-refractivity contribution >= 4 is 27.5 Å². The number of carbonyl (C=O) groups excluding carboxylic acids is 2. The Morgan fingerprint density at radius 3 is 1.76 bits per heavy atom. The third-order valence-electron chi connectivity index (χ3n) is 5.05. The van der Waals surface area contributed by atoms with Crippen molar-refractivity contribution in [2.24, 2.45) is 0 Å². The fraction of sp³-hybridized carbons (Fsp3) is 0.0370. The van der Waals surface area contributed by atoms with Crippen LogP contribution < -0.4 is 4.72 Å². The highest BCUT2D eigenvalue weighted by atomic mass is 32.2. The molecule has 0 aliphatic carbocycles. The number of para-hydroxylation sites is 1. The molecule has 0 spiro atoms. The standard InChI is InChI=1S/C27H21NO5S/c29-25(20-10-4-1-5-11-20)26(21-12-6-2-7-13-21)33-27(30)22-16-18-24(19-17-22)34(31,32)28-23-14-8-3-9-15-23/h1-19,26,28H/t26-/m1/s1. The number of nitrogens with one attached hydrogen (secondary N) is 1. The maximum absolute atomic E-state index is 13.1. The number of Topliss-reactive ketones (excluding diaryl/α,β-unsaturated/α-hetero) is 1. The molecular formula is C27H21NO5S. The lowest BCUT2D eigenvalue weighted by molar-refractivity contribution is 0.0280. The highest BCUT2D eigenvalue weighted by Crippen LogP contribution is 2.25. The number of esters is 1. The highest BCUT2D eigenvalue weighted by molar-refractivity contribution is 7.92. The molecule has 4 aromatic carbocycles. The lowest BCUT2D eigenvalue weighted by Crippen LogP contribution is -2.20. The molecule has 7 heteroatoms. The third kappa shape index (κ3) is 5.39. The third-order valence-corrected chi connectivity index (χ3v) is 6.45. The van der Waals surface area contributed by atoms with Crippen molar-refractivity contribution in [3.05, 3.63) is 132 Å². The van der Waals surface area contributed by atoms with Gasteiger partial charge in [0.25, 0.3) is 10.0 Å². The number of rotatable bonds is 8. The quantitative estimate of drug-likeness (QED) is 0.279. The van der Waals surface area contributed by atoms with Gasteiger partial charge in [-0.15, -0.1) is 0 Å². The summed E-state index contributed by atoms with van der Waals surface area (Å²) in [5.41, 5.74) is 1.50. The summed E-state index contributed by atoms with van der Waals surface area (Å²) in [5, 5.41) is 0. The molecular weight excluding hydrogens is 450 g/mol. The number of sulfonamides is 1. The van der Waals surface area contributed by atoms with E-state index in [1.54, 1.807) is 91.0 Å². The van der Waals surface area contributed by atoms with Crippen LogP contribution >= 0.6 is 0 Å². The molecule has 6 nitrogen and oxygen atoms in total. The molecule has 0 aliphatic heterocycles. The summed E-state index contributed by atoms with van der Waals surface area (Å²) in [6.45, 7) is 0. The largest absolute Gasteiger partial charge is 0.445 e. The molecule has 1 N–H and O–H groups in total. The van der Waals surface area contributed by atoms with Gasteiger partial charge in [0.1, 0.15) is 0 Å². The van der Waals surface area contributed by atoms with Crippen LogP contribution in [0.25, 0.3) is 0 Å². The van der Waals surface area contributed by atoms with Crippen molar-refractivity contribution in [2.45, 2.75) is 11.0 Å². The van der Waals surface area contributed by atoms with E-state index in [0.717, 1.165) is 0 Å².